The Hall–Kier alpha value is -7.29. The zero-order valence-corrected chi connectivity index (χ0v) is 28.9. The van der Waals surface area contributed by atoms with Gasteiger partial charge in [-0.1, -0.05) is 97.1 Å². The van der Waals surface area contributed by atoms with Crippen LogP contribution in [0.5, 0.6) is 11.5 Å². The van der Waals surface area contributed by atoms with Gasteiger partial charge in [0.25, 0.3) is 0 Å². The quantitative estimate of drug-likeness (QED) is 0.181. The Labute approximate surface area is 311 Å². The maximum Gasteiger partial charge on any atom is 0.134 e. The number of para-hydroxylation sites is 2. The second kappa shape index (κ2) is 10.6. The summed E-state index contributed by atoms with van der Waals surface area (Å²) in [5.74, 6) is 1.60. The number of ether oxygens (including phenoxy) is 1. The number of rotatable bonds is 2. The molecule has 12 rings (SSSR count). The molecule has 1 atom stereocenters. The van der Waals surface area contributed by atoms with Crippen LogP contribution in [-0.4, -0.2) is 14.5 Å². The average Bonchev–Trinajstić information content (AvgIpc) is 3.85. The maximum absolute atomic E-state index is 9.76. The Balaban J connectivity index is 1.13. The van der Waals surface area contributed by atoms with Crippen LogP contribution in [0.3, 0.4) is 0 Å². The topological polar surface area (TPSA) is 63.7 Å². The van der Waals surface area contributed by atoms with Crippen molar-refractivity contribution in [3.63, 3.8) is 0 Å². The summed E-state index contributed by atoms with van der Waals surface area (Å²) >= 11 is 0. The zero-order valence-electron chi connectivity index (χ0n) is 28.9. The van der Waals surface area contributed by atoms with Crippen molar-refractivity contribution < 1.29 is 4.74 Å². The van der Waals surface area contributed by atoms with Gasteiger partial charge >= 0.3 is 0 Å². The van der Waals surface area contributed by atoms with Crippen molar-refractivity contribution in [1.82, 2.24) is 14.5 Å². The first-order valence-corrected chi connectivity index (χ1v) is 18.2. The number of hydrogen-bond donors (Lipinski definition) is 0. The molecule has 0 bridgehead atoms. The number of hydrogen-bond acceptors (Lipinski definition) is 4. The molecular weight excluding hydrogens is 661 g/mol. The standard InChI is InChI=1S/C49H28N4O/c50-28-29-17-20-36-37(25-29)32-9-1-2-12-35(32)46(36)30-18-21-38-44(26-30)54-45-27-31(53-42-15-5-3-10-33(42)34-11-4-6-16-43(34)53)19-22-39(45)49(38)40-13-7-23-51-47(40)48-41(49)14-8-24-52-48/h1-27,46H. The molecule has 3 aromatic heterocycles. The van der Waals surface area contributed by atoms with Gasteiger partial charge < -0.3 is 9.30 Å². The fourth-order valence-corrected chi connectivity index (χ4v) is 9.77. The Morgan fingerprint density at radius 3 is 1.91 bits per heavy atom. The Morgan fingerprint density at radius 2 is 1.19 bits per heavy atom. The second-order valence-electron chi connectivity index (χ2n) is 14.4. The smallest absolute Gasteiger partial charge is 0.134 e. The Kier molecular flexibility index (Phi) is 5.77. The molecule has 0 N–H and O–H groups in total. The number of nitrogens with zero attached hydrogens (tertiary/aromatic N) is 4. The van der Waals surface area contributed by atoms with E-state index in [1.54, 1.807) is 0 Å². The highest BCUT2D eigenvalue weighted by atomic mass is 16.5. The van der Waals surface area contributed by atoms with E-state index in [0.717, 1.165) is 73.0 Å². The molecule has 1 aliphatic heterocycles. The maximum atomic E-state index is 9.76. The summed E-state index contributed by atoms with van der Waals surface area (Å²) in [4.78, 5) is 9.87. The molecule has 5 nitrogen and oxygen atoms in total. The predicted molar refractivity (Wildman–Crippen MR) is 211 cm³/mol. The van der Waals surface area contributed by atoms with Crippen LogP contribution in [0.1, 0.15) is 50.4 Å². The molecule has 54 heavy (non-hydrogen) atoms. The molecule has 250 valence electrons. The number of fused-ring (bicyclic) bond motifs is 15. The van der Waals surface area contributed by atoms with Crippen LogP contribution in [-0.2, 0) is 5.41 Å². The lowest BCUT2D eigenvalue weighted by atomic mass is 9.66. The Morgan fingerprint density at radius 1 is 0.556 bits per heavy atom. The SMILES string of the molecule is N#Cc1ccc2c(c1)-c1ccccc1C2c1ccc2c(c1)Oc1cc(-n3c4ccccc4c4ccccc43)ccc1C21c2cccnc2-c2ncccc21. The minimum absolute atomic E-state index is 0.00869. The average molecular weight is 689 g/mol. The molecule has 0 saturated carbocycles. The summed E-state index contributed by atoms with van der Waals surface area (Å²) in [6.07, 6.45) is 3.72. The summed E-state index contributed by atoms with van der Waals surface area (Å²) < 4.78 is 9.51. The van der Waals surface area contributed by atoms with Crippen molar-refractivity contribution in [1.29, 1.82) is 5.26 Å². The van der Waals surface area contributed by atoms with Crippen LogP contribution >= 0.6 is 0 Å². The minimum atomic E-state index is -0.693. The third-order valence-electron chi connectivity index (χ3n) is 11.9. The highest BCUT2D eigenvalue weighted by molar-refractivity contribution is 6.09. The summed E-state index contributed by atoms with van der Waals surface area (Å²) in [6.45, 7) is 0. The number of benzene rings is 6. The summed E-state index contributed by atoms with van der Waals surface area (Å²) in [5.41, 5.74) is 15.3. The van der Waals surface area contributed by atoms with E-state index in [1.165, 1.54) is 27.5 Å². The first-order chi connectivity index (χ1) is 26.7. The lowest BCUT2D eigenvalue weighted by molar-refractivity contribution is 0.435. The van der Waals surface area contributed by atoms with Gasteiger partial charge in [0.2, 0.25) is 0 Å². The number of pyridine rings is 2. The van der Waals surface area contributed by atoms with Crippen LogP contribution in [0.4, 0.5) is 0 Å². The molecule has 1 spiro atoms. The van der Waals surface area contributed by atoms with Crippen LogP contribution < -0.4 is 4.74 Å². The van der Waals surface area contributed by atoms with Crippen molar-refractivity contribution in [2.45, 2.75) is 11.3 Å². The molecule has 6 aromatic carbocycles. The molecule has 5 heteroatoms. The summed E-state index contributed by atoms with van der Waals surface area (Å²) in [7, 11) is 0. The van der Waals surface area contributed by atoms with Gasteiger partial charge in [0.1, 0.15) is 11.5 Å². The molecule has 0 saturated heterocycles. The van der Waals surface area contributed by atoms with Gasteiger partial charge in [-0.25, -0.2) is 0 Å². The largest absolute Gasteiger partial charge is 0.457 e. The van der Waals surface area contributed by atoms with Crippen LogP contribution in [0.25, 0.3) is 50.0 Å². The first-order valence-electron chi connectivity index (χ1n) is 18.2. The van der Waals surface area contributed by atoms with Gasteiger partial charge in [-0.3, -0.25) is 9.97 Å². The summed E-state index contributed by atoms with van der Waals surface area (Å²) in [6, 6.07) is 56.1. The fourth-order valence-electron chi connectivity index (χ4n) is 9.77. The first kappa shape index (κ1) is 29.3. The minimum Gasteiger partial charge on any atom is -0.457 e. The Bertz CT molecular complexity index is 3030. The molecule has 4 heterocycles. The van der Waals surface area contributed by atoms with Gasteiger partial charge in [0, 0.05) is 52.0 Å². The van der Waals surface area contributed by atoms with E-state index in [2.05, 4.69) is 138 Å². The van der Waals surface area contributed by atoms with Crippen LogP contribution in [0.15, 0.2) is 164 Å². The third kappa shape index (κ3) is 3.66. The van der Waals surface area contributed by atoms with E-state index >= 15 is 0 Å². The van der Waals surface area contributed by atoms with Gasteiger partial charge in [-0.05, 0) is 87.5 Å². The normalized spacial score (nSPS) is 15.1. The molecule has 0 fully saturated rings. The van der Waals surface area contributed by atoms with Gasteiger partial charge in [-0.15, -0.1) is 0 Å². The highest BCUT2D eigenvalue weighted by Crippen LogP contribution is 2.62. The van der Waals surface area contributed by atoms with Crippen molar-refractivity contribution in [3.8, 4) is 45.8 Å². The molecule has 9 aromatic rings. The van der Waals surface area contributed by atoms with E-state index < -0.39 is 5.41 Å². The predicted octanol–water partition coefficient (Wildman–Crippen LogP) is 11.1. The van der Waals surface area contributed by atoms with E-state index in [4.69, 9.17) is 14.7 Å². The molecule has 1 unspecified atom stereocenters. The van der Waals surface area contributed by atoms with Gasteiger partial charge in [0.05, 0.1) is 39.5 Å². The van der Waals surface area contributed by atoms with Crippen LogP contribution in [0.2, 0.25) is 0 Å². The fraction of sp³-hybridized carbons (Fsp3) is 0.0408. The van der Waals surface area contributed by atoms with E-state index in [-0.39, 0.29) is 5.92 Å². The van der Waals surface area contributed by atoms with Gasteiger partial charge in [-0.2, -0.15) is 5.26 Å². The van der Waals surface area contributed by atoms with Gasteiger partial charge in [0.15, 0.2) is 0 Å². The van der Waals surface area contributed by atoms with Crippen molar-refractivity contribution >= 4 is 21.8 Å². The molecular formula is C49H28N4O. The molecule has 3 aliphatic rings. The van der Waals surface area contributed by atoms with Crippen molar-refractivity contribution in [2.75, 3.05) is 0 Å². The lowest BCUT2D eigenvalue weighted by Crippen LogP contribution is -2.32. The van der Waals surface area contributed by atoms with E-state index in [1.807, 2.05) is 36.7 Å². The number of aromatic nitrogens is 3. The van der Waals surface area contributed by atoms with Crippen molar-refractivity contribution in [3.05, 3.63) is 209 Å². The van der Waals surface area contributed by atoms with E-state index in [0.29, 0.717) is 5.56 Å². The highest BCUT2D eigenvalue weighted by Gasteiger charge is 2.52. The second-order valence-corrected chi connectivity index (χ2v) is 14.4. The number of nitriles is 1. The zero-order chi connectivity index (χ0) is 35.5. The molecule has 2 aliphatic carbocycles. The molecule has 0 amide bonds. The molecule has 0 radical (unpaired) electrons. The van der Waals surface area contributed by atoms with Crippen LogP contribution in [0, 0.1) is 11.3 Å². The summed E-state index contributed by atoms with van der Waals surface area (Å²) in [5, 5.41) is 12.2. The van der Waals surface area contributed by atoms with Crippen molar-refractivity contribution in [2.24, 2.45) is 0 Å². The lowest BCUT2D eigenvalue weighted by Gasteiger charge is -2.39. The van der Waals surface area contributed by atoms with E-state index in [9.17, 15) is 5.26 Å². The monoisotopic (exact) mass is 688 g/mol. The third-order valence-corrected chi connectivity index (χ3v) is 11.9.